The molecule has 0 radical (unpaired) electrons. The van der Waals surface area contributed by atoms with E-state index >= 15 is 0 Å². The maximum absolute atomic E-state index is 13.0. The molecular formula is C19H24N2O3S. The van der Waals surface area contributed by atoms with Crippen molar-refractivity contribution in [1.29, 1.82) is 0 Å². The fourth-order valence-corrected chi connectivity index (χ4v) is 4.92. The standard InChI is InChI=1S/C19H24N2O3S/c1-15-8-9-19(16(2)14-15)25(22,23)21-12-10-20(11-13-21)17-6-4-5-7-18(17)24-3/h4-9,14H,10-13H2,1-3H3. The highest BCUT2D eigenvalue weighted by Crippen LogP contribution is 2.29. The summed E-state index contributed by atoms with van der Waals surface area (Å²) in [6.07, 6.45) is 0. The Hall–Kier alpha value is -2.05. The molecule has 1 aliphatic rings. The Bertz CT molecular complexity index is 857. The number of hydrogen-bond donors (Lipinski definition) is 0. The Kier molecular flexibility index (Phi) is 5.01. The molecule has 0 saturated carbocycles. The molecule has 0 atom stereocenters. The van der Waals surface area contributed by atoms with Crippen molar-refractivity contribution in [2.24, 2.45) is 0 Å². The van der Waals surface area contributed by atoms with Gasteiger partial charge in [0.05, 0.1) is 17.7 Å². The van der Waals surface area contributed by atoms with Gasteiger partial charge in [-0.1, -0.05) is 29.8 Å². The molecule has 2 aromatic carbocycles. The van der Waals surface area contributed by atoms with Crippen LogP contribution < -0.4 is 9.64 Å². The molecule has 3 rings (SSSR count). The van der Waals surface area contributed by atoms with E-state index in [9.17, 15) is 8.42 Å². The zero-order chi connectivity index (χ0) is 18.0. The second-order valence-electron chi connectivity index (χ2n) is 6.33. The first-order chi connectivity index (χ1) is 11.9. The molecule has 0 bridgehead atoms. The van der Waals surface area contributed by atoms with Crippen LogP contribution in [0.1, 0.15) is 11.1 Å². The average molecular weight is 360 g/mol. The third kappa shape index (κ3) is 3.50. The third-order valence-corrected chi connectivity index (χ3v) is 6.67. The van der Waals surface area contributed by atoms with Gasteiger partial charge in [-0.05, 0) is 37.6 Å². The minimum atomic E-state index is -3.46. The first kappa shape index (κ1) is 17.8. The lowest BCUT2D eigenvalue weighted by atomic mass is 10.2. The van der Waals surface area contributed by atoms with E-state index in [0.29, 0.717) is 31.1 Å². The summed E-state index contributed by atoms with van der Waals surface area (Å²) in [7, 11) is -1.80. The fraction of sp³-hybridized carbons (Fsp3) is 0.368. The van der Waals surface area contributed by atoms with Gasteiger partial charge < -0.3 is 9.64 Å². The largest absolute Gasteiger partial charge is 0.495 e. The zero-order valence-electron chi connectivity index (χ0n) is 14.9. The Morgan fingerprint density at radius 2 is 1.64 bits per heavy atom. The number of hydrogen-bond acceptors (Lipinski definition) is 4. The Morgan fingerprint density at radius 3 is 2.28 bits per heavy atom. The van der Waals surface area contributed by atoms with Gasteiger partial charge in [-0.3, -0.25) is 0 Å². The monoisotopic (exact) mass is 360 g/mol. The van der Waals surface area contributed by atoms with Gasteiger partial charge in [0.15, 0.2) is 0 Å². The van der Waals surface area contributed by atoms with Crippen molar-refractivity contribution in [3.05, 3.63) is 53.6 Å². The number of rotatable bonds is 4. The maximum Gasteiger partial charge on any atom is 0.243 e. The molecule has 0 N–H and O–H groups in total. The quantitative estimate of drug-likeness (QED) is 0.841. The van der Waals surface area contributed by atoms with Crippen molar-refractivity contribution in [2.75, 3.05) is 38.2 Å². The SMILES string of the molecule is COc1ccccc1N1CCN(S(=O)(=O)c2ccc(C)cc2C)CC1. The molecule has 134 valence electrons. The van der Waals surface area contributed by atoms with Crippen LogP contribution in [0, 0.1) is 13.8 Å². The second kappa shape index (κ2) is 7.06. The van der Waals surface area contributed by atoms with Crippen molar-refractivity contribution in [3.8, 4) is 5.75 Å². The van der Waals surface area contributed by atoms with Crippen LogP contribution in [-0.4, -0.2) is 46.0 Å². The number of para-hydroxylation sites is 2. The predicted octanol–water partition coefficient (Wildman–Crippen LogP) is 2.82. The van der Waals surface area contributed by atoms with Crippen LogP contribution in [0.4, 0.5) is 5.69 Å². The van der Waals surface area contributed by atoms with E-state index in [1.165, 1.54) is 0 Å². The van der Waals surface area contributed by atoms with Crippen LogP contribution in [0.3, 0.4) is 0 Å². The Balaban J connectivity index is 1.77. The van der Waals surface area contributed by atoms with E-state index in [1.54, 1.807) is 17.5 Å². The first-order valence-electron chi connectivity index (χ1n) is 8.39. The van der Waals surface area contributed by atoms with Crippen molar-refractivity contribution in [1.82, 2.24) is 4.31 Å². The van der Waals surface area contributed by atoms with Crippen LogP contribution in [-0.2, 0) is 10.0 Å². The number of ether oxygens (including phenoxy) is 1. The molecule has 25 heavy (non-hydrogen) atoms. The summed E-state index contributed by atoms with van der Waals surface area (Å²) in [5, 5.41) is 0. The zero-order valence-corrected chi connectivity index (χ0v) is 15.7. The summed E-state index contributed by atoms with van der Waals surface area (Å²) in [5.41, 5.74) is 2.87. The van der Waals surface area contributed by atoms with E-state index in [2.05, 4.69) is 4.90 Å². The predicted molar refractivity (Wildman–Crippen MR) is 99.9 cm³/mol. The molecule has 1 heterocycles. The molecule has 2 aromatic rings. The summed E-state index contributed by atoms with van der Waals surface area (Å²) in [6, 6.07) is 13.3. The van der Waals surface area contributed by atoms with Gasteiger partial charge in [-0.15, -0.1) is 0 Å². The summed E-state index contributed by atoms with van der Waals surface area (Å²) in [5.74, 6) is 0.813. The van der Waals surface area contributed by atoms with Crippen molar-refractivity contribution < 1.29 is 13.2 Å². The smallest absolute Gasteiger partial charge is 0.243 e. The molecule has 6 heteroatoms. The van der Waals surface area contributed by atoms with E-state index in [0.717, 1.165) is 22.6 Å². The summed E-state index contributed by atoms with van der Waals surface area (Å²) < 4.78 is 32.9. The molecule has 5 nitrogen and oxygen atoms in total. The van der Waals surface area contributed by atoms with Gasteiger partial charge in [0.25, 0.3) is 0 Å². The normalized spacial score (nSPS) is 16.0. The third-order valence-electron chi connectivity index (χ3n) is 4.61. The topological polar surface area (TPSA) is 49.9 Å². The number of sulfonamides is 1. The second-order valence-corrected chi connectivity index (χ2v) is 8.24. The molecule has 0 aromatic heterocycles. The molecule has 0 spiro atoms. The number of methoxy groups -OCH3 is 1. The molecule has 1 saturated heterocycles. The number of nitrogens with zero attached hydrogens (tertiary/aromatic N) is 2. The van der Waals surface area contributed by atoms with Gasteiger partial charge >= 0.3 is 0 Å². The molecular weight excluding hydrogens is 336 g/mol. The van der Waals surface area contributed by atoms with Gasteiger partial charge in [0.1, 0.15) is 5.75 Å². The van der Waals surface area contributed by atoms with Crippen LogP contribution in [0.5, 0.6) is 5.75 Å². The van der Waals surface area contributed by atoms with E-state index < -0.39 is 10.0 Å². The lowest BCUT2D eigenvalue weighted by molar-refractivity contribution is 0.378. The number of anilines is 1. The van der Waals surface area contributed by atoms with E-state index in [1.807, 2.05) is 50.2 Å². The first-order valence-corrected chi connectivity index (χ1v) is 9.83. The molecule has 0 unspecified atom stereocenters. The minimum Gasteiger partial charge on any atom is -0.495 e. The molecule has 0 amide bonds. The van der Waals surface area contributed by atoms with Crippen LogP contribution in [0.25, 0.3) is 0 Å². The van der Waals surface area contributed by atoms with Gasteiger partial charge in [0, 0.05) is 26.2 Å². The summed E-state index contributed by atoms with van der Waals surface area (Å²) in [4.78, 5) is 2.58. The lowest BCUT2D eigenvalue weighted by Crippen LogP contribution is -2.48. The van der Waals surface area contributed by atoms with E-state index in [4.69, 9.17) is 4.74 Å². The number of aryl methyl sites for hydroxylation is 2. The van der Waals surface area contributed by atoms with Crippen LogP contribution in [0.15, 0.2) is 47.4 Å². The van der Waals surface area contributed by atoms with Crippen molar-refractivity contribution in [2.45, 2.75) is 18.7 Å². The highest BCUT2D eigenvalue weighted by Gasteiger charge is 2.30. The van der Waals surface area contributed by atoms with Gasteiger partial charge in [0.2, 0.25) is 10.0 Å². The van der Waals surface area contributed by atoms with E-state index in [-0.39, 0.29) is 0 Å². The van der Waals surface area contributed by atoms with Crippen LogP contribution >= 0.6 is 0 Å². The summed E-state index contributed by atoms with van der Waals surface area (Å²) >= 11 is 0. The molecule has 1 fully saturated rings. The highest BCUT2D eigenvalue weighted by atomic mass is 32.2. The van der Waals surface area contributed by atoms with Gasteiger partial charge in [-0.25, -0.2) is 8.42 Å². The number of piperazine rings is 1. The maximum atomic E-state index is 13.0. The average Bonchev–Trinajstić information content (AvgIpc) is 2.61. The number of benzene rings is 2. The van der Waals surface area contributed by atoms with Gasteiger partial charge in [-0.2, -0.15) is 4.31 Å². The van der Waals surface area contributed by atoms with Crippen molar-refractivity contribution >= 4 is 15.7 Å². The highest BCUT2D eigenvalue weighted by molar-refractivity contribution is 7.89. The lowest BCUT2D eigenvalue weighted by Gasteiger charge is -2.36. The molecule has 0 aliphatic carbocycles. The van der Waals surface area contributed by atoms with Crippen LogP contribution in [0.2, 0.25) is 0 Å². The Labute approximate surface area is 149 Å². The minimum absolute atomic E-state index is 0.406. The summed E-state index contributed by atoms with van der Waals surface area (Å²) in [6.45, 7) is 6.04. The molecule has 1 aliphatic heterocycles. The fourth-order valence-electron chi connectivity index (χ4n) is 3.29. The Morgan fingerprint density at radius 1 is 0.960 bits per heavy atom. The van der Waals surface area contributed by atoms with Crippen molar-refractivity contribution in [3.63, 3.8) is 0 Å².